The van der Waals surface area contributed by atoms with Gasteiger partial charge in [-0.1, -0.05) is 36.8 Å². The van der Waals surface area contributed by atoms with E-state index in [1.807, 2.05) is 6.92 Å². The number of aryl methyl sites for hydroxylation is 1. The van der Waals surface area contributed by atoms with Crippen molar-refractivity contribution in [3.05, 3.63) is 58.7 Å². The molecule has 6 nitrogen and oxygen atoms in total. The molecule has 3 rings (SSSR count). The van der Waals surface area contributed by atoms with Crippen LogP contribution in [-0.4, -0.2) is 44.3 Å². The summed E-state index contributed by atoms with van der Waals surface area (Å²) in [4.78, 5) is 14.9. The number of urea groups is 1. The Bertz CT molecular complexity index is 882. The summed E-state index contributed by atoms with van der Waals surface area (Å²) in [7, 11) is 3.33. The smallest absolute Gasteiger partial charge is 0.315 e. The van der Waals surface area contributed by atoms with Gasteiger partial charge in [0.2, 0.25) is 0 Å². The van der Waals surface area contributed by atoms with Crippen LogP contribution in [0.1, 0.15) is 48.6 Å². The first-order valence-corrected chi connectivity index (χ1v) is 11.1. The molecule has 6 heteroatoms. The first kappa shape index (κ1) is 22.9. The van der Waals surface area contributed by atoms with Gasteiger partial charge in [0, 0.05) is 19.6 Å². The van der Waals surface area contributed by atoms with Crippen LogP contribution in [0.5, 0.6) is 11.5 Å². The van der Waals surface area contributed by atoms with Crippen LogP contribution >= 0.6 is 0 Å². The molecule has 2 N–H and O–H groups in total. The quantitative estimate of drug-likeness (QED) is 0.665. The number of hydrogen-bond acceptors (Lipinski definition) is 4. The first-order chi connectivity index (χ1) is 15.0. The van der Waals surface area contributed by atoms with E-state index in [-0.39, 0.29) is 18.1 Å². The van der Waals surface area contributed by atoms with E-state index < -0.39 is 0 Å². The second-order valence-electron chi connectivity index (χ2n) is 8.08. The maximum absolute atomic E-state index is 12.4. The van der Waals surface area contributed by atoms with Gasteiger partial charge >= 0.3 is 6.03 Å². The van der Waals surface area contributed by atoms with Crippen molar-refractivity contribution in [2.24, 2.45) is 0 Å². The number of hydrogen-bond donors (Lipinski definition) is 2. The number of fused-ring (bicyclic) bond motifs is 1. The Balaban J connectivity index is 2.00. The zero-order valence-electron chi connectivity index (χ0n) is 19.3. The highest BCUT2D eigenvalue weighted by atomic mass is 16.5. The van der Waals surface area contributed by atoms with Crippen molar-refractivity contribution in [3.63, 3.8) is 0 Å². The van der Waals surface area contributed by atoms with Gasteiger partial charge in [-0.2, -0.15) is 0 Å². The number of nitrogens with one attached hydrogen (secondary N) is 2. The third-order valence-corrected chi connectivity index (χ3v) is 6.01. The second kappa shape index (κ2) is 10.5. The predicted octanol–water partition coefficient (Wildman–Crippen LogP) is 4.21. The largest absolute Gasteiger partial charge is 0.493 e. The molecule has 1 aliphatic heterocycles. The number of methoxy groups -OCH3 is 2. The average Bonchev–Trinajstić information content (AvgIpc) is 2.78. The van der Waals surface area contributed by atoms with E-state index in [0.717, 1.165) is 37.4 Å². The molecule has 2 aromatic carbocycles. The average molecular weight is 426 g/mol. The van der Waals surface area contributed by atoms with Gasteiger partial charge in [0.05, 0.1) is 26.3 Å². The van der Waals surface area contributed by atoms with E-state index in [0.29, 0.717) is 6.54 Å². The third kappa shape index (κ3) is 5.31. The number of carbonyl (C=O) groups is 1. The Labute approximate surface area is 185 Å². The van der Waals surface area contributed by atoms with Crippen LogP contribution in [0.25, 0.3) is 0 Å². The van der Waals surface area contributed by atoms with Crippen LogP contribution < -0.4 is 20.1 Å². The molecule has 0 saturated carbocycles. The predicted molar refractivity (Wildman–Crippen MR) is 124 cm³/mol. The van der Waals surface area contributed by atoms with Crippen LogP contribution in [-0.2, 0) is 13.0 Å². The molecule has 31 heavy (non-hydrogen) atoms. The molecule has 0 bridgehead atoms. The summed E-state index contributed by atoms with van der Waals surface area (Å²) in [6.45, 7) is 8.49. The summed E-state index contributed by atoms with van der Waals surface area (Å²) in [6.07, 6.45) is 1.75. The molecule has 0 fully saturated rings. The van der Waals surface area contributed by atoms with E-state index in [1.54, 1.807) is 14.2 Å². The minimum Gasteiger partial charge on any atom is -0.493 e. The fourth-order valence-corrected chi connectivity index (χ4v) is 4.39. The Morgan fingerprint density at radius 2 is 1.81 bits per heavy atom. The van der Waals surface area contributed by atoms with Crippen LogP contribution in [0.3, 0.4) is 0 Å². The normalized spacial score (nSPS) is 16.9. The molecule has 0 radical (unpaired) electrons. The SMILES string of the molecule is CCNC(=O)N[C@H](CC)[C@H]1c2cc(OC)c(OC)cc2CCN1Cc1ccc(C)cc1. The van der Waals surface area contributed by atoms with Crippen LogP contribution in [0.15, 0.2) is 36.4 Å². The Kier molecular flexibility index (Phi) is 7.80. The lowest BCUT2D eigenvalue weighted by molar-refractivity contribution is 0.135. The number of ether oxygens (including phenoxy) is 2. The molecule has 168 valence electrons. The van der Waals surface area contributed by atoms with Gasteiger partial charge in [-0.3, -0.25) is 4.90 Å². The maximum Gasteiger partial charge on any atom is 0.315 e. The van der Waals surface area contributed by atoms with Crippen molar-refractivity contribution in [1.29, 1.82) is 0 Å². The molecule has 1 aliphatic rings. The van der Waals surface area contributed by atoms with Crippen molar-refractivity contribution < 1.29 is 14.3 Å². The Morgan fingerprint density at radius 1 is 1.13 bits per heavy atom. The summed E-state index contributed by atoms with van der Waals surface area (Å²) in [5.74, 6) is 1.47. The highest BCUT2D eigenvalue weighted by Crippen LogP contribution is 2.40. The molecule has 0 unspecified atom stereocenters. The summed E-state index contributed by atoms with van der Waals surface area (Å²) < 4.78 is 11.1. The van der Waals surface area contributed by atoms with Crippen LogP contribution in [0.4, 0.5) is 4.79 Å². The fourth-order valence-electron chi connectivity index (χ4n) is 4.39. The minimum atomic E-state index is -0.128. The zero-order chi connectivity index (χ0) is 22.4. The van der Waals surface area contributed by atoms with Gasteiger partial charge < -0.3 is 20.1 Å². The molecule has 0 spiro atoms. The number of carbonyl (C=O) groups excluding carboxylic acids is 1. The van der Waals surface area contributed by atoms with E-state index in [2.05, 4.69) is 65.8 Å². The van der Waals surface area contributed by atoms with Gasteiger partial charge in [0.25, 0.3) is 0 Å². The number of benzene rings is 2. The van der Waals surface area contributed by atoms with Gasteiger partial charge in [-0.05, 0) is 55.5 Å². The lowest BCUT2D eigenvalue weighted by Gasteiger charge is -2.42. The topological polar surface area (TPSA) is 62.8 Å². The first-order valence-electron chi connectivity index (χ1n) is 11.1. The van der Waals surface area contributed by atoms with Gasteiger partial charge in [-0.15, -0.1) is 0 Å². The molecule has 2 atom stereocenters. The lowest BCUT2D eigenvalue weighted by Crippen LogP contribution is -2.50. The molecular weight excluding hydrogens is 390 g/mol. The van der Waals surface area contributed by atoms with Gasteiger partial charge in [-0.25, -0.2) is 4.79 Å². The summed E-state index contributed by atoms with van der Waals surface area (Å²) in [5, 5.41) is 6.08. The van der Waals surface area contributed by atoms with E-state index in [9.17, 15) is 4.79 Å². The lowest BCUT2D eigenvalue weighted by atomic mass is 9.86. The van der Waals surface area contributed by atoms with E-state index in [4.69, 9.17) is 9.47 Å². The zero-order valence-corrected chi connectivity index (χ0v) is 19.3. The molecule has 0 saturated heterocycles. The van der Waals surface area contributed by atoms with Crippen LogP contribution in [0, 0.1) is 6.92 Å². The molecule has 2 amide bonds. The number of amides is 2. The summed E-state index contributed by atoms with van der Waals surface area (Å²) in [5.41, 5.74) is 4.97. The van der Waals surface area contributed by atoms with E-state index >= 15 is 0 Å². The summed E-state index contributed by atoms with van der Waals surface area (Å²) in [6, 6.07) is 12.7. The number of rotatable bonds is 8. The van der Waals surface area contributed by atoms with Gasteiger partial charge in [0.15, 0.2) is 11.5 Å². The summed E-state index contributed by atoms with van der Waals surface area (Å²) >= 11 is 0. The van der Waals surface area contributed by atoms with E-state index in [1.165, 1.54) is 22.3 Å². The molecular formula is C25H35N3O3. The highest BCUT2D eigenvalue weighted by molar-refractivity contribution is 5.74. The highest BCUT2D eigenvalue weighted by Gasteiger charge is 2.35. The molecule has 0 aliphatic carbocycles. The standard InChI is InChI=1S/C25H35N3O3/c1-6-21(27-25(29)26-7-2)24-20-15-23(31-5)22(30-4)14-19(20)12-13-28(24)16-18-10-8-17(3)9-11-18/h8-11,14-15,21,24H,6-7,12-13,16H2,1-5H3,(H2,26,27,29)/t21-,24-/m1/s1. The molecule has 2 aromatic rings. The third-order valence-electron chi connectivity index (χ3n) is 6.01. The minimum absolute atomic E-state index is 0.0332. The fraction of sp³-hybridized carbons (Fsp3) is 0.480. The van der Waals surface area contributed by atoms with Crippen molar-refractivity contribution in [2.75, 3.05) is 27.3 Å². The Morgan fingerprint density at radius 3 is 2.42 bits per heavy atom. The maximum atomic E-state index is 12.4. The molecule has 0 aromatic heterocycles. The monoisotopic (exact) mass is 425 g/mol. The molecule has 1 heterocycles. The van der Waals surface area contributed by atoms with Gasteiger partial charge in [0.1, 0.15) is 0 Å². The van der Waals surface area contributed by atoms with Crippen molar-refractivity contribution in [2.45, 2.75) is 52.2 Å². The second-order valence-corrected chi connectivity index (χ2v) is 8.08. The number of nitrogens with zero attached hydrogens (tertiary/aromatic N) is 1. The van der Waals surface area contributed by atoms with Crippen molar-refractivity contribution in [3.8, 4) is 11.5 Å². The van der Waals surface area contributed by atoms with Crippen molar-refractivity contribution in [1.82, 2.24) is 15.5 Å². The van der Waals surface area contributed by atoms with Crippen molar-refractivity contribution >= 4 is 6.03 Å². The Hall–Kier alpha value is -2.73. The van der Waals surface area contributed by atoms with Crippen LogP contribution in [0.2, 0.25) is 0 Å².